The van der Waals surface area contributed by atoms with Crippen molar-refractivity contribution >= 4 is 5.91 Å². The van der Waals surface area contributed by atoms with Gasteiger partial charge in [0.15, 0.2) is 0 Å². The van der Waals surface area contributed by atoms with E-state index in [4.69, 9.17) is 0 Å². The molecule has 1 aromatic heterocycles. The fourth-order valence-corrected chi connectivity index (χ4v) is 3.30. The van der Waals surface area contributed by atoms with Gasteiger partial charge in [-0.2, -0.15) is 5.10 Å². The summed E-state index contributed by atoms with van der Waals surface area (Å²) in [7, 11) is 0. The molecule has 134 valence electrons. The summed E-state index contributed by atoms with van der Waals surface area (Å²) in [5.74, 6) is -0.0684. The van der Waals surface area contributed by atoms with Crippen LogP contribution >= 0.6 is 0 Å². The fraction of sp³-hybridized carbons (Fsp3) is 0.474. The first-order valence-corrected chi connectivity index (χ1v) is 8.98. The lowest BCUT2D eigenvalue weighted by atomic mass is 9.96. The molecule has 2 aromatic rings. The van der Waals surface area contributed by atoms with Gasteiger partial charge in [-0.3, -0.25) is 9.48 Å². The highest BCUT2D eigenvalue weighted by atomic mass is 16.3. The second-order valence-corrected chi connectivity index (χ2v) is 6.51. The molecule has 0 radical (unpaired) electrons. The first-order valence-electron chi connectivity index (χ1n) is 8.98. The van der Waals surface area contributed by atoms with E-state index in [1.807, 2.05) is 41.2 Å². The lowest BCUT2D eigenvalue weighted by molar-refractivity contribution is 0.0943. The van der Waals surface area contributed by atoms with Crippen molar-refractivity contribution in [2.75, 3.05) is 26.2 Å². The van der Waals surface area contributed by atoms with Crippen LogP contribution in [-0.4, -0.2) is 47.0 Å². The highest BCUT2D eigenvalue weighted by molar-refractivity contribution is 5.92. The fourth-order valence-electron chi connectivity index (χ4n) is 3.30. The molecule has 1 fully saturated rings. The molecule has 2 unspecified atom stereocenters. The molecule has 1 aliphatic rings. The number of aliphatic hydroxyl groups is 1. The van der Waals surface area contributed by atoms with Gasteiger partial charge in [-0.15, -0.1) is 0 Å². The molecule has 1 aromatic carbocycles. The average Bonchev–Trinajstić information content (AvgIpc) is 3.16. The Bertz CT molecular complexity index is 665. The smallest absolute Gasteiger partial charge is 0.271 e. The van der Waals surface area contributed by atoms with Gasteiger partial charge in [-0.1, -0.05) is 30.3 Å². The van der Waals surface area contributed by atoms with Gasteiger partial charge in [0.05, 0.1) is 6.04 Å². The van der Waals surface area contributed by atoms with Crippen LogP contribution in [0.3, 0.4) is 0 Å². The number of hydrogen-bond acceptors (Lipinski definition) is 4. The summed E-state index contributed by atoms with van der Waals surface area (Å²) in [6.45, 7) is 2.53. The summed E-state index contributed by atoms with van der Waals surface area (Å²) in [5.41, 5.74) is 1.57. The average molecular weight is 342 g/mol. The maximum Gasteiger partial charge on any atom is 0.271 e. The number of carbonyl (C=O) groups excluding carboxylic acids is 1. The van der Waals surface area contributed by atoms with Crippen LogP contribution in [0, 0.1) is 0 Å². The normalized spacial score (nSPS) is 18.7. The van der Waals surface area contributed by atoms with E-state index in [0.717, 1.165) is 31.5 Å². The van der Waals surface area contributed by atoms with Crippen LogP contribution in [0.4, 0.5) is 0 Å². The molecular weight excluding hydrogens is 316 g/mol. The molecule has 3 N–H and O–H groups in total. The SMILES string of the molecule is O=C(NCC(CCO)c1ccccc1)c1ccn(C2CCCNC2)n1. The third-order valence-electron chi connectivity index (χ3n) is 4.74. The number of rotatable bonds is 7. The van der Waals surface area contributed by atoms with Gasteiger partial charge in [-0.25, -0.2) is 0 Å². The van der Waals surface area contributed by atoms with Crippen molar-refractivity contribution in [1.29, 1.82) is 0 Å². The highest BCUT2D eigenvalue weighted by Crippen LogP contribution is 2.19. The molecule has 0 aliphatic carbocycles. The number of aliphatic hydroxyl groups excluding tert-OH is 1. The zero-order valence-electron chi connectivity index (χ0n) is 14.4. The lowest BCUT2D eigenvalue weighted by Gasteiger charge is -2.22. The van der Waals surface area contributed by atoms with Crippen molar-refractivity contribution in [3.05, 3.63) is 53.9 Å². The second kappa shape index (κ2) is 8.78. The van der Waals surface area contributed by atoms with Crippen molar-refractivity contribution in [3.8, 4) is 0 Å². The van der Waals surface area contributed by atoms with Gasteiger partial charge >= 0.3 is 0 Å². The number of nitrogens with one attached hydrogen (secondary N) is 2. The van der Waals surface area contributed by atoms with Crippen molar-refractivity contribution in [3.63, 3.8) is 0 Å². The van der Waals surface area contributed by atoms with Crippen LogP contribution in [0.15, 0.2) is 42.6 Å². The Balaban J connectivity index is 1.58. The molecule has 6 heteroatoms. The molecule has 1 saturated heterocycles. The summed E-state index contributed by atoms with van der Waals surface area (Å²) < 4.78 is 1.89. The molecule has 2 atom stereocenters. The molecule has 0 spiro atoms. The zero-order chi connectivity index (χ0) is 17.5. The number of aromatic nitrogens is 2. The quantitative estimate of drug-likeness (QED) is 0.716. The molecule has 1 amide bonds. The van der Waals surface area contributed by atoms with E-state index in [1.165, 1.54) is 0 Å². The van der Waals surface area contributed by atoms with Gasteiger partial charge in [0.25, 0.3) is 5.91 Å². The van der Waals surface area contributed by atoms with Gasteiger partial charge in [0, 0.05) is 31.8 Å². The molecule has 25 heavy (non-hydrogen) atoms. The van der Waals surface area contributed by atoms with E-state index in [-0.39, 0.29) is 18.4 Å². The van der Waals surface area contributed by atoms with Crippen LogP contribution < -0.4 is 10.6 Å². The molecule has 0 bridgehead atoms. The van der Waals surface area contributed by atoms with Crippen LogP contribution in [0.2, 0.25) is 0 Å². The Morgan fingerprint density at radius 2 is 2.20 bits per heavy atom. The predicted molar refractivity (Wildman–Crippen MR) is 96.6 cm³/mol. The van der Waals surface area contributed by atoms with E-state index in [0.29, 0.717) is 24.7 Å². The Morgan fingerprint density at radius 1 is 1.36 bits per heavy atom. The van der Waals surface area contributed by atoms with E-state index in [2.05, 4.69) is 15.7 Å². The number of carbonyl (C=O) groups is 1. The topological polar surface area (TPSA) is 79.2 Å². The van der Waals surface area contributed by atoms with Crippen molar-refractivity contribution in [2.45, 2.75) is 31.2 Å². The minimum absolute atomic E-state index is 0.0960. The van der Waals surface area contributed by atoms with Gasteiger partial charge in [0.2, 0.25) is 0 Å². The molecule has 2 heterocycles. The van der Waals surface area contributed by atoms with Crippen LogP contribution in [-0.2, 0) is 0 Å². The lowest BCUT2D eigenvalue weighted by Crippen LogP contribution is -2.32. The Hall–Kier alpha value is -2.18. The molecule has 3 rings (SSSR count). The number of benzene rings is 1. The van der Waals surface area contributed by atoms with Crippen molar-refractivity contribution in [1.82, 2.24) is 20.4 Å². The number of hydrogen-bond donors (Lipinski definition) is 3. The number of piperidine rings is 1. The molecule has 6 nitrogen and oxygen atoms in total. The standard InChI is InChI=1S/C19H26N4O2/c24-12-9-16(15-5-2-1-3-6-15)13-21-19(25)18-8-11-23(22-18)17-7-4-10-20-14-17/h1-3,5-6,8,11,16-17,20,24H,4,7,9-10,12-14H2,(H,21,25). The van der Waals surface area contributed by atoms with E-state index >= 15 is 0 Å². The summed E-state index contributed by atoms with van der Waals surface area (Å²) in [6.07, 6.45) is 4.72. The van der Waals surface area contributed by atoms with Gasteiger partial charge < -0.3 is 15.7 Å². The molecule has 0 saturated carbocycles. The Labute approximate surface area is 148 Å². The van der Waals surface area contributed by atoms with Crippen LogP contribution in [0.1, 0.15) is 47.3 Å². The van der Waals surface area contributed by atoms with Crippen molar-refractivity contribution < 1.29 is 9.90 Å². The minimum Gasteiger partial charge on any atom is -0.396 e. The third-order valence-corrected chi connectivity index (χ3v) is 4.74. The zero-order valence-corrected chi connectivity index (χ0v) is 14.4. The third kappa shape index (κ3) is 4.67. The van der Waals surface area contributed by atoms with E-state index < -0.39 is 0 Å². The molecular formula is C19H26N4O2. The van der Waals surface area contributed by atoms with Crippen LogP contribution in [0.5, 0.6) is 0 Å². The predicted octanol–water partition coefficient (Wildman–Crippen LogP) is 1.70. The number of amides is 1. The second-order valence-electron chi connectivity index (χ2n) is 6.51. The van der Waals surface area contributed by atoms with Gasteiger partial charge in [0.1, 0.15) is 5.69 Å². The van der Waals surface area contributed by atoms with E-state index in [9.17, 15) is 9.90 Å². The summed E-state index contributed by atoms with van der Waals surface area (Å²) in [6, 6.07) is 12.1. The largest absolute Gasteiger partial charge is 0.396 e. The van der Waals surface area contributed by atoms with E-state index in [1.54, 1.807) is 6.07 Å². The summed E-state index contributed by atoms with van der Waals surface area (Å²) in [5, 5.41) is 20.1. The number of nitrogens with zero attached hydrogens (tertiary/aromatic N) is 2. The van der Waals surface area contributed by atoms with Gasteiger partial charge in [-0.05, 0) is 37.4 Å². The Kier molecular flexibility index (Phi) is 6.19. The summed E-state index contributed by atoms with van der Waals surface area (Å²) >= 11 is 0. The van der Waals surface area contributed by atoms with Crippen LogP contribution in [0.25, 0.3) is 0 Å². The highest BCUT2D eigenvalue weighted by Gasteiger charge is 2.18. The van der Waals surface area contributed by atoms with Crippen molar-refractivity contribution in [2.24, 2.45) is 0 Å². The first-order chi connectivity index (χ1) is 12.3. The Morgan fingerprint density at radius 3 is 2.92 bits per heavy atom. The minimum atomic E-state index is -0.165. The first kappa shape index (κ1) is 17.6. The maximum absolute atomic E-state index is 12.4. The maximum atomic E-state index is 12.4. The molecule has 1 aliphatic heterocycles. The summed E-state index contributed by atoms with van der Waals surface area (Å²) in [4.78, 5) is 12.4. The monoisotopic (exact) mass is 342 g/mol.